The Hall–Kier alpha value is -2.74. The third-order valence-electron chi connectivity index (χ3n) is 5.38. The number of aromatic nitrogens is 2. The van der Waals surface area contributed by atoms with Crippen LogP contribution >= 0.6 is 11.6 Å². The molecule has 0 bridgehead atoms. The van der Waals surface area contributed by atoms with Gasteiger partial charge in [0.2, 0.25) is 0 Å². The van der Waals surface area contributed by atoms with E-state index >= 15 is 0 Å². The first-order valence-electron chi connectivity index (χ1n) is 9.80. The summed E-state index contributed by atoms with van der Waals surface area (Å²) in [6.07, 6.45) is 5.14. The van der Waals surface area contributed by atoms with E-state index in [9.17, 15) is 9.59 Å². The Morgan fingerprint density at radius 3 is 2.48 bits per heavy atom. The Kier molecular flexibility index (Phi) is 5.62. The Labute approximate surface area is 173 Å². The fourth-order valence-electron chi connectivity index (χ4n) is 3.81. The number of hydrogen-bond acceptors (Lipinski definition) is 5. The SMILES string of the molecule is O=C(O)c1ccn(C(=O)N2CCC(Oc3ccc(Cl)c(N4CCCC4)c3)CC2)n1. The number of ether oxygens (including phenoxy) is 1. The molecule has 0 saturated carbocycles. The van der Waals surface area contributed by atoms with Crippen molar-refractivity contribution in [3.8, 4) is 5.75 Å². The third kappa shape index (κ3) is 4.32. The Balaban J connectivity index is 1.34. The quantitative estimate of drug-likeness (QED) is 0.819. The lowest BCUT2D eigenvalue weighted by Gasteiger charge is -2.32. The fourth-order valence-corrected chi connectivity index (χ4v) is 4.05. The Morgan fingerprint density at radius 1 is 1.10 bits per heavy atom. The summed E-state index contributed by atoms with van der Waals surface area (Å²) < 4.78 is 7.23. The number of carboxylic acids is 1. The van der Waals surface area contributed by atoms with Gasteiger partial charge in [-0.3, -0.25) is 0 Å². The standard InChI is InChI=1S/C20H23ClN4O4/c21-16-4-3-15(13-18(16)23-8-1-2-9-23)29-14-5-10-24(11-6-14)20(28)25-12-7-17(22-25)19(26)27/h3-4,7,12-14H,1-2,5-6,8-11H2,(H,26,27). The number of carbonyl (C=O) groups excluding carboxylic acids is 1. The van der Waals surface area contributed by atoms with Gasteiger partial charge in [0.15, 0.2) is 5.69 Å². The summed E-state index contributed by atoms with van der Waals surface area (Å²) in [6.45, 7) is 3.08. The van der Waals surface area contributed by atoms with E-state index in [1.165, 1.54) is 25.1 Å². The van der Waals surface area contributed by atoms with Crippen LogP contribution in [0.5, 0.6) is 5.75 Å². The molecule has 2 aliphatic rings. The summed E-state index contributed by atoms with van der Waals surface area (Å²) in [7, 11) is 0. The first-order valence-corrected chi connectivity index (χ1v) is 10.2. The van der Waals surface area contributed by atoms with Crippen LogP contribution in [-0.2, 0) is 0 Å². The first-order chi connectivity index (χ1) is 14.0. The molecule has 2 saturated heterocycles. The van der Waals surface area contributed by atoms with Crippen LogP contribution < -0.4 is 9.64 Å². The van der Waals surface area contributed by atoms with Crippen molar-refractivity contribution in [2.45, 2.75) is 31.8 Å². The van der Waals surface area contributed by atoms with Crippen molar-refractivity contribution in [1.82, 2.24) is 14.7 Å². The van der Waals surface area contributed by atoms with E-state index in [1.54, 1.807) is 4.90 Å². The summed E-state index contributed by atoms with van der Waals surface area (Å²) in [6, 6.07) is 6.76. The number of aromatic carboxylic acids is 1. The van der Waals surface area contributed by atoms with Crippen molar-refractivity contribution in [3.63, 3.8) is 0 Å². The van der Waals surface area contributed by atoms with Crippen molar-refractivity contribution in [2.75, 3.05) is 31.1 Å². The number of benzene rings is 1. The number of likely N-dealkylation sites (tertiary alicyclic amines) is 1. The van der Waals surface area contributed by atoms with Gasteiger partial charge in [-0.25, -0.2) is 9.59 Å². The molecule has 29 heavy (non-hydrogen) atoms. The molecule has 1 aromatic carbocycles. The molecule has 0 radical (unpaired) electrons. The van der Waals surface area contributed by atoms with E-state index in [4.69, 9.17) is 21.4 Å². The van der Waals surface area contributed by atoms with Crippen molar-refractivity contribution >= 4 is 29.3 Å². The van der Waals surface area contributed by atoms with E-state index < -0.39 is 5.97 Å². The maximum atomic E-state index is 12.5. The highest BCUT2D eigenvalue weighted by atomic mass is 35.5. The predicted molar refractivity (Wildman–Crippen MR) is 108 cm³/mol. The lowest BCUT2D eigenvalue weighted by atomic mass is 10.1. The monoisotopic (exact) mass is 418 g/mol. The summed E-state index contributed by atoms with van der Waals surface area (Å²) in [4.78, 5) is 27.4. The van der Waals surface area contributed by atoms with Crippen LogP contribution in [0.3, 0.4) is 0 Å². The third-order valence-corrected chi connectivity index (χ3v) is 5.70. The van der Waals surface area contributed by atoms with Crippen LogP contribution in [0.25, 0.3) is 0 Å². The number of carboxylic acid groups (broad SMARTS) is 1. The zero-order valence-corrected chi connectivity index (χ0v) is 16.7. The molecule has 0 spiro atoms. The predicted octanol–water partition coefficient (Wildman–Crippen LogP) is 3.35. The second-order valence-electron chi connectivity index (χ2n) is 7.34. The van der Waals surface area contributed by atoms with Crippen LogP contribution in [0.15, 0.2) is 30.5 Å². The van der Waals surface area contributed by atoms with Crippen LogP contribution in [0.2, 0.25) is 5.02 Å². The van der Waals surface area contributed by atoms with Gasteiger partial charge in [0.1, 0.15) is 11.9 Å². The number of rotatable bonds is 4. The second-order valence-corrected chi connectivity index (χ2v) is 7.75. The van der Waals surface area contributed by atoms with Crippen molar-refractivity contribution in [3.05, 3.63) is 41.2 Å². The zero-order chi connectivity index (χ0) is 20.4. The van der Waals surface area contributed by atoms with Gasteiger partial charge >= 0.3 is 12.0 Å². The van der Waals surface area contributed by atoms with Gasteiger partial charge < -0.3 is 19.6 Å². The van der Waals surface area contributed by atoms with E-state index in [2.05, 4.69) is 10.00 Å². The minimum atomic E-state index is -1.15. The van der Waals surface area contributed by atoms with Gasteiger partial charge in [0.05, 0.1) is 10.7 Å². The molecule has 9 heteroatoms. The molecule has 154 valence electrons. The smallest absolute Gasteiger partial charge is 0.356 e. The maximum Gasteiger partial charge on any atom is 0.356 e. The van der Waals surface area contributed by atoms with Crippen LogP contribution in [0, 0.1) is 0 Å². The maximum absolute atomic E-state index is 12.5. The van der Waals surface area contributed by atoms with E-state index in [1.807, 2.05) is 18.2 Å². The summed E-state index contributed by atoms with van der Waals surface area (Å²) in [5.74, 6) is -0.362. The molecule has 1 N–H and O–H groups in total. The number of hydrogen-bond donors (Lipinski definition) is 1. The number of piperidine rings is 1. The van der Waals surface area contributed by atoms with E-state index in [-0.39, 0.29) is 17.8 Å². The topological polar surface area (TPSA) is 87.9 Å². The van der Waals surface area contributed by atoms with Gasteiger partial charge in [-0.15, -0.1) is 0 Å². The number of amides is 1. The molecule has 2 fully saturated rings. The number of halogens is 1. The summed E-state index contributed by atoms with van der Waals surface area (Å²) >= 11 is 6.37. The van der Waals surface area contributed by atoms with E-state index in [0.29, 0.717) is 25.9 Å². The molecule has 8 nitrogen and oxygen atoms in total. The number of carbonyl (C=O) groups is 2. The summed E-state index contributed by atoms with van der Waals surface area (Å²) in [5.41, 5.74) is 0.871. The minimum absolute atomic E-state index is 0.0128. The molecule has 0 atom stereocenters. The average molecular weight is 419 g/mol. The van der Waals surface area contributed by atoms with Crippen molar-refractivity contribution < 1.29 is 19.4 Å². The Morgan fingerprint density at radius 2 is 1.83 bits per heavy atom. The van der Waals surface area contributed by atoms with Crippen LogP contribution in [0.4, 0.5) is 10.5 Å². The minimum Gasteiger partial charge on any atom is -0.490 e. The molecule has 2 aromatic rings. The molecule has 0 unspecified atom stereocenters. The normalized spacial score (nSPS) is 17.6. The van der Waals surface area contributed by atoms with Crippen LogP contribution in [0.1, 0.15) is 36.2 Å². The molecule has 1 amide bonds. The molecule has 4 rings (SSSR count). The van der Waals surface area contributed by atoms with Gasteiger partial charge in [-0.1, -0.05) is 11.6 Å². The van der Waals surface area contributed by atoms with Crippen LogP contribution in [-0.4, -0.2) is 64.1 Å². The fraction of sp³-hybridized carbons (Fsp3) is 0.450. The molecule has 2 aliphatic heterocycles. The van der Waals surface area contributed by atoms with Crippen molar-refractivity contribution in [2.24, 2.45) is 0 Å². The number of anilines is 1. The first kappa shape index (κ1) is 19.6. The summed E-state index contributed by atoms with van der Waals surface area (Å²) in [5, 5.41) is 13.5. The number of nitrogens with zero attached hydrogens (tertiary/aromatic N) is 4. The highest BCUT2D eigenvalue weighted by Gasteiger charge is 2.26. The van der Waals surface area contributed by atoms with Gasteiger partial charge in [-0.05, 0) is 31.0 Å². The van der Waals surface area contributed by atoms with Crippen molar-refractivity contribution in [1.29, 1.82) is 0 Å². The molecule has 3 heterocycles. The van der Waals surface area contributed by atoms with Gasteiger partial charge in [0, 0.05) is 51.3 Å². The molecule has 0 aliphatic carbocycles. The van der Waals surface area contributed by atoms with Gasteiger partial charge in [-0.2, -0.15) is 9.78 Å². The lowest BCUT2D eigenvalue weighted by Crippen LogP contribution is -2.43. The Bertz CT molecular complexity index is 902. The highest BCUT2D eigenvalue weighted by Crippen LogP contribution is 2.33. The highest BCUT2D eigenvalue weighted by molar-refractivity contribution is 6.33. The average Bonchev–Trinajstić information content (AvgIpc) is 3.42. The second kappa shape index (κ2) is 8.32. The molecular formula is C20H23ClN4O4. The van der Waals surface area contributed by atoms with E-state index in [0.717, 1.165) is 34.2 Å². The molecular weight excluding hydrogens is 396 g/mol. The molecule has 1 aromatic heterocycles. The van der Waals surface area contributed by atoms with Gasteiger partial charge in [0.25, 0.3) is 0 Å². The largest absolute Gasteiger partial charge is 0.490 e. The lowest BCUT2D eigenvalue weighted by molar-refractivity contribution is 0.0690. The zero-order valence-electron chi connectivity index (χ0n) is 16.0.